The number of nitrogens with zero attached hydrogens (tertiary/aromatic N) is 3. The van der Waals surface area contributed by atoms with Crippen LogP contribution in [0.2, 0.25) is 0 Å². The second-order valence-corrected chi connectivity index (χ2v) is 5.37. The molecular weight excluding hydrogens is 258 g/mol. The standard InChI is InChI=1S/C11H18ClN3OS/c1-14(2)4-5-15(3)11(16)6-10-13-9(7-12)8-17-10/h8H,4-7H2,1-3H3. The Bertz CT molecular complexity index is 367. The van der Waals surface area contributed by atoms with Crippen LogP contribution in [0.1, 0.15) is 10.7 Å². The van der Waals surface area contributed by atoms with Crippen molar-refractivity contribution in [2.24, 2.45) is 0 Å². The van der Waals surface area contributed by atoms with Crippen LogP contribution < -0.4 is 0 Å². The number of hydrogen-bond acceptors (Lipinski definition) is 4. The summed E-state index contributed by atoms with van der Waals surface area (Å²) in [5, 5.41) is 2.73. The average Bonchev–Trinajstić information content (AvgIpc) is 2.73. The number of thiazole rings is 1. The summed E-state index contributed by atoms with van der Waals surface area (Å²) in [5.41, 5.74) is 0.843. The van der Waals surface area contributed by atoms with Crippen LogP contribution in [0, 0.1) is 0 Å². The van der Waals surface area contributed by atoms with E-state index in [2.05, 4.69) is 9.88 Å². The van der Waals surface area contributed by atoms with E-state index in [1.807, 2.05) is 26.5 Å². The first kappa shape index (κ1) is 14.4. The van der Waals surface area contributed by atoms with Crippen LogP contribution >= 0.6 is 22.9 Å². The maximum Gasteiger partial charge on any atom is 0.229 e. The third kappa shape index (κ3) is 5.02. The largest absolute Gasteiger partial charge is 0.344 e. The Morgan fingerprint density at radius 2 is 2.12 bits per heavy atom. The van der Waals surface area contributed by atoms with Crippen molar-refractivity contribution in [3.63, 3.8) is 0 Å². The van der Waals surface area contributed by atoms with Crippen LogP contribution in [-0.2, 0) is 17.1 Å². The summed E-state index contributed by atoms with van der Waals surface area (Å²) in [7, 11) is 5.81. The van der Waals surface area contributed by atoms with Gasteiger partial charge in [-0.25, -0.2) is 4.98 Å². The van der Waals surface area contributed by atoms with Crippen molar-refractivity contribution in [3.8, 4) is 0 Å². The van der Waals surface area contributed by atoms with Crippen LogP contribution in [-0.4, -0.2) is 54.9 Å². The van der Waals surface area contributed by atoms with E-state index in [9.17, 15) is 4.79 Å². The minimum atomic E-state index is 0.0994. The minimum Gasteiger partial charge on any atom is -0.344 e. The Kier molecular flexibility index (Phi) is 5.88. The summed E-state index contributed by atoms with van der Waals surface area (Å²) < 4.78 is 0. The van der Waals surface area contributed by atoms with E-state index in [-0.39, 0.29) is 5.91 Å². The van der Waals surface area contributed by atoms with Gasteiger partial charge >= 0.3 is 0 Å². The van der Waals surface area contributed by atoms with E-state index in [0.29, 0.717) is 12.3 Å². The number of hydrogen-bond donors (Lipinski definition) is 0. The number of carbonyl (C=O) groups excluding carboxylic acids is 1. The highest BCUT2D eigenvalue weighted by Gasteiger charge is 2.12. The van der Waals surface area contributed by atoms with Gasteiger partial charge < -0.3 is 9.80 Å². The van der Waals surface area contributed by atoms with Gasteiger partial charge in [0.1, 0.15) is 5.01 Å². The zero-order valence-corrected chi connectivity index (χ0v) is 12.0. The molecule has 0 saturated carbocycles. The minimum absolute atomic E-state index is 0.0994. The highest BCUT2D eigenvalue weighted by molar-refractivity contribution is 7.09. The summed E-state index contributed by atoms with van der Waals surface area (Å²) in [4.78, 5) is 19.9. The number of carbonyl (C=O) groups is 1. The summed E-state index contributed by atoms with van der Waals surface area (Å²) in [6.45, 7) is 1.60. The molecule has 1 amide bonds. The molecular formula is C11H18ClN3OS. The Hall–Kier alpha value is -0.650. The maximum atomic E-state index is 11.9. The lowest BCUT2D eigenvalue weighted by atomic mass is 10.3. The van der Waals surface area contributed by atoms with Gasteiger partial charge in [0.15, 0.2) is 0 Å². The molecule has 6 heteroatoms. The smallest absolute Gasteiger partial charge is 0.229 e. The lowest BCUT2D eigenvalue weighted by molar-refractivity contribution is -0.129. The van der Waals surface area contributed by atoms with Crippen LogP contribution in [0.4, 0.5) is 0 Å². The summed E-state index contributed by atoms with van der Waals surface area (Å²) in [5.74, 6) is 0.503. The van der Waals surface area contributed by atoms with Crippen LogP contribution in [0.5, 0.6) is 0 Å². The molecule has 17 heavy (non-hydrogen) atoms. The van der Waals surface area contributed by atoms with E-state index in [4.69, 9.17) is 11.6 Å². The number of rotatable bonds is 6. The molecule has 4 nitrogen and oxygen atoms in total. The van der Waals surface area contributed by atoms with Gasteiger partial charge in [0.2, 0.25) is 5.91 Å². The lowest BCUT2D eigenvalue weighted by Gasteiger charge is -2.19. The molecule has 0 saturated heterocycles. The topological polar surface area (TPSA) is 36.4 Å². The monoisotopic (exact) mass is 275 g/mol. The average molecular weight is 276 g/mol. The molecule has 0 aliphatic rings. The Labute approximate surface area is 111 Å². The van der Waals surface area contributed by atoms with Crippen molar-refractivity contribution in [2.45, 2.75) is 12.3 Å². The van der Waals surface area contributed by atoms with Crippen molar-refractivity contribution in [1.29, 1.82) is 0 Å². The van der Waals surface area contributed by atoms with Crippen LogP contribution in [0.25, 0.3) is 0 Å². The van der Waals surface area contributed by atoms with Gasteiger partial charge in [-0.15, -0.1) is 22.9 Å². The van der Waals surface area contributed by atoms with E-state index < -0.39 is 0 Å². The highest BCUT2D eigenvalue weighted by Crippen LogP contribution is 2.12. The van der Waals surface area contributed by atoms with E-state index in [1.165, 1.54) is 11.3 Å². The molecule has 96 valence electrons. The van der Waals surface area contributed by atoms with Crippen molar-refractivity contribution < 1.29 is 4.79 Å². The molecule has 1 aromatic heterocycles. The van der Waals surface area contributed by atoms with Gasteiger partial charge in [0.05, 0.1) is 18.0 Å². The molecule has 0 aliphatic heterocycles. The third-order valence-electron chi connectivity index (χ3n) is 2.35. The first-order chi connectivity index (χ1) is 8.02. The Morgan fingerprint density at radius 3 is 2.65 bits per heavy atom. The molecule has 1 heterocycles. The van der Waals surface area contributed by atoms with Gasteiger partial charge in [-0.05, 0) is 14.1 Å². The molecule has 0 radical (unpaired) electrons. The normalized spacial score (nSPS) is 10.9. The fourth-order valence-corrected chi connectivity index (χ4v) is 2.24. The molecule has 0 unspecified atom stereocenters. The molecule has 0 N–H and O–H groups in total. The number of aromatic nitrogens is 1. The molecule has 1 rings (SSSR count). The van der Waals surface area contributed by atoms with Crippen molar-refractivity contribution >= 4 is 28.8 Å². The molecule has 0 spiro atoms. The Balaban J connectivity index is 2.42. The fourth-order valence-electron chi connectivity index (χ4n) is 1.23. The lowest BCUT2D eigenvalue weighted by Crippen LogP contribution is -2.34. The SMILES string of the molecule is CN(C)CCN(C)C(=O)Cc1nc(CCl)cs1. The van der Waals surface area contributed by atoms with Crippen LogP contribution in [0.3, 0.4) is 0 Å². The first-order valence-electron chi connectivity index (χ1n) is 5.41. The maximum absolute atomic E-state index is 11.9. The number of likely N-dealkylation sites (N-methyl/N-ethyl adjacent to an activating group) is 2. The zero-order chi connectivity index (χ0) is 12.8. The quantitative estimate of drug-likeness (QED) is 0.738. The van der Waals surface area contributed by atoms with Gasteiger partial charge in [-0.2, -0.15) is 0 Å². The van der Waals surface area contributed by atoms with Crippen LogP contribution in [0.15, 0.2) is 5.38 Å². The van der Waals surface area contributed by atoms with Crippen molar-refractivity contribution in [2.75, 3.05) is 34.2 Å². The predicted octanol–water partition coefficient (Wildman–Crippen LogP) is 1.44. The van der Waals surface area contributed by atoms with Gasteiger partial charge in [-0.3, -0.25) is 4.79 Å². The number of alkyl halides is 1. The molecule has 1 aromatic rings. The van der Waals surface area contributed by atoms with Gasteiger partial charge in [0, 0.05) is 25.5 Å². The molecule has 0 aliphatic carbocycles. The van der Waals surface area contributed by atoms with E-state index >= 15 is 0 Å². The predicted molar refractivity (Wildman–Crippen MR) is 71.6 cm³/mol. The molecule has 0 aromatic carbocycles. The molecule has 0 bridgehead atoms. The summed E-state index contributed by atoms with van der Waals surface area (Å²) in [6.07, 6.45) is 0.367. The summed E-state index contributed by atoms with van der Waals surface area (Å²) in [6, 6.07) is 0. The Morgan fingerprint density at radius 1 is 1.41 bits per heavy atom. The van der Waals surface area contributed by atoms with E-state index in [0.717, 1.165) is 23.8 Å². The number of halogens is 1. The second kappa shape index (κ2) is 6.93. The van der Waals surface area contributed by atoms with E-state index in [1.54, 1.807) is 4.90 Å². The zero-order valence-electron chi connectivity index (χ0n) is 10.4. The molecule has 0 fully saturated rings. The van der Waals surface area contributed by atoms with Gasteiger partial charge in [-0.1, -0.05) is 0 Å². The summed E-state index contributed by atoms with van der Waals surface area (Å²) >= 11 is 7.16. The second-order valence-electron chi connectivity index (χ2n) is 4.16. The highest BCUT2D eigenvalue weighted by atomic mass is 35.5. The molecule has 0 atom stereocenters. The third-order valence-corrected chi connectivity index (χ3v) is 3.52. The van der Waals surface area contributed by atoms with Gasteiger partial charge in [0.25, 0.3) is 0 Å². The van der Waals surface area contributed by atoms with Crippen molar-refractivity contribution in [1.82, 2.24) is 14.8 Å². The van der Waals surface area contributed by atoms with Crippen molar-refractivity contribution in [3.05, 3.63) is 16.1 Å². The first-order valence-corrected chi connectivity index (χ1v) is 6.82. The number of amides is 1. The fraction of sp³-hybridized carbons (Fsp3) is 0.636.